The van der Waals surface area contributed by atoms with Gasteiger partial charge in [0.25, 0.3) is 5.91 Å². The summed E-state index contributed by atoms with van der Waals surface area (Å²) in [5.74, 6) is 0.161. The number of aryl methyl sites for hydroxylation is 2. The summed E-state index contributed by atoms with van der Waals surface area (Å²) in [5.41, 5.74) is 1.09. The van der Waals surface area contributed by atoms with E-state index < -0.39 is 0 Å². The van der Waals surface area contributed by atoms with Gasteiger partial charge in [-0.1, -0.05) is 0 Å². The largest absolute Gasteiger partial charge is 0.381 e. The zero-order valence-electron chi connectivity index (χ0n) is 11.6. The molecule has 1 aromatic heterocycles. The fraction of sp³-hybridized carbons (Fsp3) is 0.714. The van der Waals surface area contributed by atoms with Crippen molar-refractivity contribution in [3.8, 4) is 0 Å². The molecule has 0 aliphatic carbocycles. The maximum Gasteiger partial charge on any atom is 0.265 e. The van der Waals surface area contributed by atoms with Crippen molar-refractivity contribution in [2.24, 2.45) is 5.41 Å². The highest BCUT2D eigenvalue weighted by Gasteiger charge is 2.40. The first-order valence-electron chi connectivity index (χ1n) is 6.91. The van der Waals surface area contributed by atoms with Crippen molar-refractivity contribution in [1.29, 1.82) is 0 Å². The summed E-state index contributed by atoms with van der Waals surface area (Å²) in [6, 6.07) is 0. The topological polar surface area (TPSA) is 42.4 Å². The van der Waals surface area contributed by atoms with Crippen molar-refractivity contribution in [3.05, 3.63) is 15.6 Å². The van der Waals surface area contributed by atoms with E-state index in [0.29, 0.717) is 0 Å². The van der Waals surface area contributed by atoms with Crippen LogP contribution in [0.25, 0.3) is 0 Å². The lowest BCUT2D eigenvalue weighted by atomic mass is 9.79. The minimum atomic E-state index is 0.161. The number of hydrogen-bond acceptors (Lipinski definition) is 4. The molecule has 2 fully saturated rings. The molecule has 0 N–H and O–H groups in total. The number of thiazole rings is 1. The summed E-state index contributed by atoms with van der Waals surface area (Å²) in [5, 5.41) is 0.969. The molecular weight excluding hydrogens is 260 g/mol. The third-order valence-electron chi connectivity index (χ3n) is 4.23. The Morgan fingerprint density at radius 1 is 1.42 bits per heavy atom. The van der Waals surface area contributed by atoms with Gasteiger partial charge in [0.2, 0.25) is 0 Å². The minimum absolute atomic E-state index is 0.161. The molecule has 5 heteroatoms. The monoisotopic (exact) mass is 280 g/mol. The average molecular weight is 280 g/mol. The number of carbonyl (C=O) groups is 1. The van der Waals surface area contributed by atoms with Gasteiger partial charge in [-0.25, -0.2) is 4.98 Å². The van der Waals surface area contributed by atoms with Crippen molar-refractivity contribution in [2.45, 2.75) is 33.1 Å². The Kier molecular flexibility index (Phi) is 3.35. The van der Waals surface area contributed by atoms with Gasteiger partial charge < -0.3 is 9.64 Å². The molecule has 104 valence electrons. The van der Waals surface area contributed by atoms with Crippen molar-refractivity contribution in [1.82, 2.24) is 9.88 Å². The quantitative estimate of drug-likeness (QED) is 0.793. The lowest BCUT2D eigenvalue weighted by Crippen LogP contribution is -2.46. The summed E-state index contributed by atoms with van der Waals surface area (Å²) in [6.07, 6.45) is 3.38. The number of hydrogen-bond donors (Lipinski definition) is 0. The first-order valence-corrected chi connectivity index (χ1v) is 7.72. The molecule has 4 nitrogen and oxygen atoms in total. The third kappa shape index (κ3) is 2.41. The van der Waals surface area contributed by atoms with Gasteiger partial charge in [0.05, 0.1) is 17.3 Å². The Bertz CT molecular complexity index is 492. The summed E-state index contributed by atoms with van der Waals surface area (Å²) in [6.45, 7) is 7.27. The molecule has 1 atom stereocenters. The molecule has 2 saturated heterocycles. The van der Waals surface area contributed by atoms with Gasteiger partial charge in [-0.15, -0.1) is 11.3 Å². The maximum absolute atomic E-state index is 12.6. The van der Waals surface area contributed by atoms with Gasteiger partial charge in [-0.2, -0.15) is 0 Å². The lowest BCUT2D eigenvalue weighted by Gasteiger charge is -2.39. The van der Waals surface area contributed by atoms with Crippen molar-refractivity contribution in [3.63, 3.8) is 0 Å². The molecule has 19 heavy (non-hydrogen) atoms. The van der Waals surface area contributed by atoms with Crippen LogP contribution in [0.2, 0.25) is 0 Å². The normalized spacial score (nSPS) is 27.2. The third-order valence-corrected chi connectivity index (χ3v) is 5.29. The van der Waals surface area contributed by atoms with E-state index in [1.165, 1.54) is 17.8 Å². The summed E-state index contributed by atoms with van der Waals surface area (Å²) in [4.78, 5) is 19.8. The number of piperidine rings is 1. The molecule has 3 rings (SSSR count). The first-order chi connectivity index (χ1) is 9.10. The van der Waals surface area contributed by atoms with E-state index in [1.54, 1.807) is 0 Å². The Hall–Kier alpha value is -0.940. The molecular formula is C14H20N2O2S. The van der Waals surface area contributed by atoms with E-state index in [1.807, 2.05) is 18.7 Å². The number of rotatable bonds is 1. The number of nitrogens with zero attached hydrogens (tertiary/aromatic N) is 2. The smallest absolute Gasteiger partial charge is 0.265 e. The molecule has 2 aliphatic heterocycles. The van der Waals surface area contributed by atoms with E-state index in [-0.39, 0.29) is 11.3 Å². The summed E-state index contributed by atoms with van der Waals surface area (Å²) in [7, 11) is 0. The standard InChI is InChI=1S/C14H20N2O2S/c1-10-12(19-11(2)15-10)13(17)16-6-3-4-14(8-16)5-7-18-9-14/h3-9H2,1-2H3/t14-/m1/s1. The SMILES string of the molecule is Cc1nc(C)c(C(=O)N2CCC[C@@]3(CCOC3)C2)s1. The average Bonchev–Trinajstić information content (AvgIpc) is 2.96. The molecule has 2 aliphatic rings. The molecule has 3 heterocycles. The molecule has 0 unspecified atom stereocenters. The van der Waals surface area contributed by atoms with Gasteiger partial charge in [0.15, 0.2) is 0 Å². The number of ether oxygens (including phenoxy) is 1. The molecule has 1 aromatic rings. The van der Waals surface area contributed by atoms with Gasteiger partial charge in [-0.3, -0.25) is 4.79 Å². The highest BCUT2D eigenvalue weighted by molar-refractivity contribution is 7.13. The van der Waals surface area contributed by atoms with Crippen molar-refractivity contribution >= 4 is 17.2 Å². The van der Waals surface area contributed by atoms with Crippen LogP contribution >= 0.6 is 11.3 Å². The van der Waals surface area contributed by atoms with Crippen LogP contribution in [0.4, 0.5) is 0 Å². The second-order valence-electron chi connectivity index (χ2n) is 5.78. The molecule has 0 aromatic carbocycles. The second-order valence-corrected chi connectivity index (χ2v) is 6.98. The Morgan fingerprint density at radius 2 is 2.26 bits per heavy atom. The van der Waals surface area contributed by atoms with Crippen molar-refractivity contribution < 1.29 is 9.53 Å². The van der Waals surface area contributed by atoms with E-state index in [9.17, 15) is 4.79 Å². The van der Waals surface area contributed by atoms with Gasteiger partial charge in [0.1, 0.15) is 4.88 Å². The molecule has 1 amide bonds. The van der Waals surface area contributed by atoms with E-state index in [0.717, 1.165) is 54.7 Å². The Balaban J connectivity index is 1.78. The van der Waals surface area contributed by atoms with Crippen LogP contribution in [-0.4, -0.2) is 42.1 Å². The Labute approximate surface area is 117 Å². The van der Waals surface area contributed by atoms with Crippen LogP contribution in [-0.2, 0) is 4.74 Å². The van der Waals surface area contributed by atoms with Crippen LogP contribution in [0.1, 0.15) is 39.6 Å². The number of aromatic nitrogens is 1. The zero-order valence-corrected chi connectivity index (χ0v) is 12.4. The fourth-order valence-electron chi connectivity index (χ4n) is 3.23. The minimum Gasteiger partial charge on any atom is -0.381 e. The van der Waals surface area contributed by atoms with Crippen LogP contribution in [0.5, 0.6) is 0 Å². The predicted molar refractivity (Wildman–Crippen MR) is 74.6 cm³/mol. The van der Waals surface area contributed by atoms with Crippen LogP contribution < -0.4 is 0 Å². The number of likely N-dealkylation sites (tertiary alicyclic amines) is 1. The molecule has 1 spiro atoms. The van der Waals surface area contributed by atoms with Gasteiger partial charge in [-0.05, 0) is 33.1 Å². The van der Waals surface area contributed by atoms with E-state index in [2.05, 4.69) is 4.98 Å². The zero-order chi connectivity index (χ0) is 13.5. The Morgan fingerprint density at radius 3 is 2.89 bits per heavy atom. The van der Waals surface area contributed by atoms with Crippen molar-refractivity contribution in [2.75, 3.05) is 26.3 Å². The molecule has 0 saturated carbocycles. The summed E-state index contributed by atoms with van der Waals surface area (Å²) >= 11 is 1.51. The summed E-state index contributed by atoms with van der Waals surface area (Å²) < 4.78 is 5.55. The van der Waals surface area contributed by atoms with Gasteiger partial charge in [0, 0.05) is 25.1 Å². The second kappa shape index (κ2) is 4.87. The molecule has 0 radical (unpaired) electrons. The van der Waals surface area contributed by atoms with Crippen LogP contribution in [0, 0.1) is 19.3 Å². The lowest BCUT2D eigenvalue weighted by molar-refractivity contribution is 0.0466. The number of amides is 1. The predicted octanol–water partition coefficient (Wildman–Crippen LogP) is 2.40. The fourth-order valence-corrected chi connectivity index (χ4v) is 4.11. The molecule has 0 bridgehead atoms. The van der Waals surface area contributed by atoms with Crippen LogP contribution in [0.15, 0.2) is 0 Å². The number of carbonyl (C=O) groups excluding carboxylic acids is 1. The van der Waals surface area contributed by atoms with Crippen LogP contribution in [0.3, 0.4) is 0 Å². The van der Waals surface area contributed by atoms with Gasteiger partial charge >= 0.3 is 0 Å². The first kappa shape index (κ1) is 13.1. The highest BCUT2D eigenvalue weighted by atomic mass is 32.1. The highest BCUT2D eigenvalue weighted by Crippen LogP contribution is 2.38. The maximum atomic E-state index is 12.6. The van der Waals surface area contributed by atoms with E-state index in [4.69, 9.17) is 4.74 Å². The van der Waals surface area contributed by atoms with E-state index >= 15 is 0 Å².